The zero-order chi connectivity index (χ0) is 21.3. The second-order valence-corrected chi connectivity index (χ2v) is 7.41. The van der Waals surface area contributed by atoms with Crippen LogP contribution in [0.25, 0.3) is 0 Å². The van der Waals surface area contributed by atoms with Gasteiger partial charge in [-0.25, -0.2) is 0 Å². The minimum Gasteiger partial charge on any atom is -0.507 e. The van der Waals surface area contributed by atoms with Crippen LogP contribution >= 0.6 is 0 Å². The van der Waals surface area contributed by atoms with Gasteiger partial charge in [0.2, 0.25) is 6.79 Å². The second kappa shape index (κ2) is 8.31. The summed E-state index contributed by atoms with van der Waals surface area (Å²) in [5.74, 6) is 2.33. The standard InChI is InChI=1S/C22H25NO7/c1-26-18-6-13-4-5-23(11-14-7-20-21(10-17(14)24)30-12-29-20)16(9-22(25)28-3)15(13)8-19(18)27-2/h6-8,10,16,24H,4-5,9,11-12H2,1-3H3/p+1/t16-/m0/s1. The average Bonchev–Trinajstić information content (AvgIpc) is 3.21. The molecule has 2 N–H and O–H groups in total. The van der Waals surface area contributed by atoms with Crippen LogP contribution in [0.4, 0.5) is 0 Å². The van der Waals surface area contributed by atoms with Crippen molar-refractivity contribution in [2.75, 3.05) is 34.7 Å². The molecule has 8 nitrogen and oxygen atoms in total. The fourth-order valence-corrected chi connectivity index (χ4v) is 4.24. The Bertz CT molecular complexity index is 959. The Kier molecular flexibility index (Phi) is 5.59. The van der Waals surface area contributed by atoms with Crippen LogP contribution in [0.15, 0.2) is 24.3 Å². The van der Waals surface area contributed by atoms with Gasteiger partial charge in [0.15, 0.2) is 23.0 Å². The van der Waals surface area contributed by atoms with Gasteiger partial charge in [0.05, 0.1) is 33.4 Å². The first kappa shape index (κ1) is 20.2. The summed E-state index contributed by atoms with van der Waals surface area (Å²) >= 11 is 0. The van der Waals surface area contributed by atoms with Gasteiger partial charge in [0.1, 0.15) is 24.8 Å². The number of fused-ring (bicyclic) bond motifs is 2. The zero-order valence-electron chi connectivity index (χ0n) is 17.3. The van der Waals surface area contributed by atoms with Crippen LogP contribution in [0.3, 0.4) is 0 Å². The summed E-state index contributed by atoms with van der Waals surface area (Å²) < 4.78 is 26.7. The molecule has 0 spiro atoms. The molecule has 2 atom stereocenters. The first-order chi connectivity index (χ1) is 14.5. The number of rotatable bonds is 6. The van der Waals surface area contributed by atoms with E-state index >= 15 is 0 Å². The van der Waals surface area contributed by atoms with Gasteiger partial charge in [-0.05, 0) is 23.8 Å². The number of phenols is 1. The summed E-state index contributed by atoms with van der Waals surface area (Å²) in [6.07, 6.45) is 1.04. The Balaban J connectivity index is 1.69. The molecular weight excluding hydrogens is 390 g/mol. The number of phenolic OH excluding ortho intramolecular Hbond substituents is 1. The van der Waals surface area contributed by atoms with E-state index in [0.29, 0.717) is 29.5 Å². The van der Waals surface area contributed by atoms with Crippen LogP contribution in [-0.2, 0) is 22.5 Å². The molecule has 0 bridgehead atoms. The van der Waals surface area contributed by atoms with E-state index in [1.165, 1.54) is 7.11 Å². The third-order valence-electron chi connectivity index (χ3n) is 5.82. The van der Waals surface area contributed by atoms with Crippen molar-refractivity contribution in [3.63, 3.8) is 0 Å². The van der Waals surface area contributed by atoms with Gasteiger partial charge in [-0.2, -0.15) is 0 Å². The Morgan fingerprint density at radius 3 is 2.50 bits per heavy atom. The number of carbonyl (C=O) groups is 1. The van der Waals surface area contributed by atoms with Crippen molar-refractivity contribution in [3.05, 3.63) is 41.0 Å². The van der Waals surface area contributed by atoms with E-state index in [1.54, 1.807) is 20.3 Å². The Hall–Kier alpha value is -3.13. The molecule has 2 heterocycles. The summed E-state index contributed by atoms with van der Waals surface area (Å²) in [4.78, 5) is 13.4. The van der Waals surface area contributed by atoms with Gasteiger partial charge < -0.3 is 33.7 Å². The lowest BCUT2D eigenvalue weighted by Gasteiger charge is -2.34. The summed E-state index contributed by atoms with van der Waals surface area (Å²) in [6.45, 7) is 1.46. The van der Waals surface area contributed by atoms with Crippen LogP contribution in [0.5, 0.6) is 28.7 Å². The normalized spacial score (nSPS) is 19.2. The number of nitrogens with one attached hydrogen (secondary N) is 1. The maximum Gasteiger partial charge on any atom is 0.311 e. The van der Waals surface area contributed by atoms with E-state index in [0.717, 1.165) is 34.6 Å². The molecule has 0 amide bonds. The number of hydrogen-bond donors (Lipinski definition) is 2. The number of ether oxygens (including phenoxy) is 5. The topological polar surface area (TPSA) is 87.9 Å². The predicted molar refractivity (Wildman–Crippen MR) is 106 cm³/mol. The molecule has 2 aromatic carbocycles. The molecule has 30 heavy (non-hydrogen) atoms. The van der Waals surface area contributed by atoms with Crippen LogP contribution < -0.4 is 23.8 Å². The van der Waals surface area contributed by atoms with Crippen LogP contribution in [0.2, 0.25) is 0 Å². The molecular formula is C22H26NO7+. The Labute approximate surface area is 174 Å². The average molecular weight is 416 g/mol. The number of benzene rings is 2. The number of carbonyl (C=O) groups excluding carboxylic acids is 1. The minimum absolute atomic E-state index is 0.147. The maximum atomic E-state index is 12.2. The lowest BCUT2D eigenvalue weighted by atomic mass is 9.89. The highest BCUT2D eigenvalue weighted by molar-refractivity contribution is 5.70. The molecule has 160 valence electrons. The zero-order valence-corrected chi connectivity index (χ0v) is 17.3. The molecule has 0 saturated heterocycles. The van der Waals surface area contributed by atoms with Gasteiger partial charge in [-0.1, -0.05) is 0 Å². The van der Waals surface area contributed by atoms with Crippen molar-refractivity contribution in [1.29, 1.82) is 0 Å². The molecule has 0 saturated carbocycles. The lowest BCUT2D eigenvalue weighted by molar-refractivity contribution is -0.946. The monoisotopic (exact) mass is 416 g/mol. The molecule has 2 aromatic rings. The smallest absolute Gasteiger partial charge is 0.311 e. The fraction of sp³-hybridized carbons (Fsp3) is 0.409. The summed E-state index contributed by atoms with van der Waals surface area (Å²) in [7, 11) is 4.60. The number of aromatic hydroxyl groups is 1. The quantitative estimate of drug-likeness (QED) is 0.688. The Morgan fingerprint density at radius 2 is 1.80 bits per heavy atom. The lowest BCUT2D eigenvalue weighted by Crippen LogP contribution is -3.12. The molecule has 0 aromatic heterocycles. The highest BCUT2D eigenvalue weighted by Crippen LogP contribution is 2.38. The van der Waals surface area contributed by atoms with E-state index in [4.69, 9.17) is 23.7 Å². The highest BCUT2D eigenvalue weighted by atomic mass is 16.7. The SMILES string of the molecule is COC(=O)C[C@H]1c2cc(OC)c(OC)cc2CC[NH+]1Cc1cc2c(cc1O)OCO2. The molecule has 1 unspecified atom stereocenters. The van der Waals surface area contributed by atoms with Gasteiger partial charge in [0, 0.05) is 18.1 Å². The van der Waals surface area contributed by atoms with Crippen molar-refractivity contribution >= 4 is 5.97 Å². The van der Waals surface area contributed by atoms with Crippen molar-refractivity contribution < 1.29 is 38.5 Å². The van der Waals surface area contributed by atoms with Crippen molar-refractivity contribution in [3.8, 4) is 28.7 Å². The molecule has 2 aliphatic heterocycles. The van der Waals surface area contributed by atoms with Crippen LogP contribution in [-0.4, -0.2) is 45.7 Å². The number of methoxy groups -OCH3 is 3. The van der Waals surface area contributed by atoms with E-state index in [9.17, 15) is 9.90 Å². The van der Waals surface area contributed by atoms with E-state index in [1.807, 2.05) is 18.2 Å². The third-order valence-corrected chi connectivity index (χ3v) is 5.82. The summed E-state index contributed by atoms with van der Waals surface area (Å²) in [5.41, 5.74) is 2.90. The van der Waals surface area contributed by atoms with Gasteiger partial charge in [-0.3, -0.25) is 4.79 Å². The first-order valence-corrected chi connectivity index (χ1v) is 9.81. The van der Waals surface area contributed by atoms with Crippen LogP contribution in [0.1, 0.15) is 29.2 Å². The molecule has 0 fully saturated rings. The minimum atomic E-state index is -0.282. The van der Waals surface area contributed by atoms with E-state index in [2.05, 4.69) is 0 Å². The predicted octanol–water partition coefficient (Wildman–Crippen LogP) is 1.38. The van der Waals surface area contributed by atoms with Gasteiger partial charge in [-0.15, -0.1) is 0 Å². The first-order valence-electron chi connectivity index (χ1n) is 9.81. The molecule has 4 rings (SSSR count). The molecule has 0 aliphatic carbocycles. The van der Waals surface area contributed by atoms with Crippen molar-refractivity contribution in [2.24, 2.45) is 0 Å². The largest absolute Gasteiger partial charge is 0.507 e. The van der Waals surface area contributed by atoms with Gasteiger partial charge >= 0.3 is 5.97 Å². The number of quaternary nitrogens is 1. The molecule has 8 heteroatoms. The Morgan fingerprint density at radius 1 is 1.10 bits per heavy atom. The third kappa shape index (κ3) is 3.70. The molecule has 0 radical (unpaired) electrons. The van der Waals surface area contributed by atoms with E-state index in [-0.39, 0.29) is 31.0 Å². The number of hydrogen-bond acceptors (Lipinski definition) is 7. The maximum absolute atomic E-state index is 12.2. The van der Waals surface area contributed by atoms with E-state index < -0.39 is 0 Å². The number of esters is 1. The summed E-state index contributed by atoms with van der Waals surface area (Å²) in [5, 5.41) is 10.5. The second-order valence-electron chi connectivity index (χ2n) is 7.41. The van der Waals surface area contributed by atoms with Crippen LogP contribution in [0, 0.1) is 0 Å². The summed E-state index contributed by atoms with van der Waals surface area (Å²) in [6, 6.07) is 7.17. The van der Waals surface area contributed by atoms with Gasteiger partial charge in [0.25, 0.3) is 0 Å². The molecule has 2 aliphatic rings. The highest BCUT2D eigenvalue weighted by Gasteiger charge is 2.35. The van der Waals surface area contributed by atoms with Crippen molar-refractivity contribution in [2.45, 2.75) is 25.4 Å². The van der Waals surface area contributed by atoms with Crippen molar-refractivity contribution in [1.82, 2.24) is 0 Å². The fourth-order valence-electron chi connectivity index (χ4n) is 4.24.